The molecule has 0 bridgehead atoms. The molecule has 0 heterocycles. The van der Waals surface area contributed by atoms with Gasteiger partial charge in [0.1, 0.15) is 5.75 Å². The predicted molar refractivity (Wildman–Crippen MR) is 58.6 cm³/mol. The van der Waals surface area contributed by atoms with Gasteiger partial charge in [-0.15, -0.1) is 0 Å². The second-order valence-corrected chi connectivity index (χ2v) is 5.20. The molecule has 88 valence electrons. The molecule has 0 spiro atoms. The van der Waals surface area contributed by atoms with E-state index in [-0.39, 0.29) is 15.1 Å². The van der Waals surface area contributed by atoms with Gasteiger partial charge in [0.2, 0.25) is 10.0 Å². The van der Waals surface area contributed by atoms with Crippen molar-refractivity contribution in [2.75, 3.05) is 6.61 Å². The summed E-state index contributed by atoms with van der Waals surface area (Å²) in [4.78, 5) is 10.1. The van der Waals surface area contributed by atoms with Gasteiger partial charge in [0.15, 0.2) is 6.61 Å². The van der Waals surface area contributed by atoms with Crippen molar-refractivity contribution in [2.24, 2.45) is 5.14 Å². The summed E-state index contributed by atoms with van der Waals surface area (Å²) in [6, 6.07) is 3.90. The number of sulfonamides is 1. The zero-order chi connectivity index (χ0) is 12.3. The van der Waals surface area contributed by atoms with E-state index in [0.29, 0.717) is 0 Å². The van der Waals surface area contributed by atoms with E-state index >= 15 is 0 Å². The van der Waals surface area contributed by atoms with E-state index < -0.39 is 22.6 Å². The minimum atomic E-state index is -3.80. The van der Waals surface area contributed by atoms with Gasteiger partial charge in [-0.3, -0.25) is 0 Å². The van der Waals surface area contributed by atoms with Crippen LogP contribution in [0.2, 0.25) is 0 Å². The lowest BCUT2D eigenvalue weighted by Crippen LogP contribution is -2.13. The van der Waals surface area contributed by atoms with E-state index in [1.54, 1.807) is 0 Å². The third-order valence-electron chi connectivity index (χ3n) is 1.57. The summed E-state index contributed by atoms with van der Waals surface area (Å²) in [5.41, 5.74) is 0. The first kappa shape index (κ1) is 12.9. The number of hydrogen-bond donors (Lipinski definition) is 2. The van der Waals surface area contributed by atoms with Crippen LogP contribution in [0.3, 0.4) is 0 Å². The van der Waals surface area contributed by atoms with Crippen LogP contribution in [-0.2, 0) is 14.8 Å². The van der Waals surface area contributed by atoms with Gasteiger partial charge in [-0.25, -0.2) is 18.4 Å². The Morgan fingerprint density at radius 3 is 2.56 bits per heavy atom. The lowest BCUT2D eigenvalue weighted by molar-refractivity contribution is -0.139. The van der Waals surface area contributed by atoms with Crippen LogP contribution in [-0.4, -0.2) is 26.1 Å². The second kappa shape index (κ2) is 4.81. The van der Waals surface area contributed by atoms with Gasteiger partial charge in [0.25, 0.3) is 0 Å². The van der Waals surface area contributed by atoms with E-state index in [1.807, 2.05) is 0 Å². The molecule has 0 amide bonds. The van der Waals surface area contributed by atoms with Crippen LogP contribution in [0.4, 0.5) is 0 Å². The zero-order valence-electron chi connectivity index (χ0n) is 7.88. The summed E-state index contributed by atoms with van der Waals surface area (Å²) < 4.78 is 27.2. The van der Waals surface area contributed by atoms with E-state index in [1.165, 1.54) is 18.2 Å². The molecule has 1 rings (SSSR count). The minimum absolute atomic E-state index is 0.0878. The summed E-state index contributed by atoms with van der Waals surface area (Å²) in [7, 11) is -3.80. The van der Waals surface area contributed by atoms with Crippen LogP contribution >= 0.6 is 15.9 Å². The highest BCUT2D eigenvalue weighted by atomic mass is 79.9. The predicted octanol–water partition coefficient (Wildman–Crippen LogP) is 0.560. The number of nitrogens with two attached hydrogens (primary N) is 1. The molecule has 1 aromatic rings. The van der Waals surface area contributed by atoms with Crippen molar-refractivity contribution in [1.29, 1.82) is 0 Å². The number of hydrogen-bond acceptors (Lipinski definition) is 4. The fraction of sp³-hybridized carbons (Fsp3) is 0.125. The van der Waals surface area contributed by atoms with Crippen molar-refractivity contribution in [3.05, 3.63) is 22.7 Å². The third kappa shape index (κ3) is 3.47. The molecule has 0 saturated carbocycles. The molecule has 0 unspecified atom stereocenters. The molecule has 0 aliphatic rings. The fourth-order valence-electron chi connectivity index (χ4n) is 0.947. The largest absolute Gasteiger partial charge is 0.482 e. The van der Waals surface area contributed by atoms with Gasteiger partial charge in [-0.2, -0.15) is 0 Å². The molecule has 0 aromatic heterocycles. The number of carboxylic acids is 1. The number of rotatable bonds is 4. The lowest BCUT2D eigenvalue weighted by Gasteiger charge is -2.06. The minimum Gasteiger partial charge on any atom is -0.482 e. The van der Waals surface area contributed by atoms with Crippen molar-refractivity contribution in [3.63, 3.8) is 0 Å². The van der Waals surface area contributed by atoms with Crippen LogP contribution in [0.1, 0.15) is 0 Å². The number of primary sulfonamides is 1. The monoisotopic (exact) mass is 309 g/mol. The van der Waals surface area contributed by atoms with Crippen molar-refractivity contribution >= 4 is 31.9 Å². The smallest absolute Gasteiger partial charge is 0.341 e. The van der Waals surface area contributed by atoms with Crippen LogP contribution < -0.4 is 9.88 Å². The molecule has 0 radical (unpaired) electrons. The van der Waals surface area contributed by atoms with Crippen LogP contribution in [0.5, 0.6) is 5.75 Å². The Kier molecular flexibility index (Phi) is 3.89. The van der Waals surface area contributed by atoms with Gasteiger partial charge in [0, 0.05) is 4.47 Å². The third-order valence-corrected chi connectivity index (χ3v) is 3.46. The van der Waals surface area contributed by atoms with Gasteiger partial charge < -0.3 is 9.84 Å². The Labute approximate surface area is 100 Å². The molecule has 0 aliphatic carbocycles. The molecule has 3 N–H and O–H groups in total. The average molecular weight is 310 g/mol. The Bertz CT molecular complexity index is 513. The number of carboxylic acid groups (broad SMARTS) is 1. The maximum atomic E-state index is 11.0. The Hall–Kier alpha value is -1.12. The number of aliphatic carboxylic acids is 1. The number of benzene rings is 1. The average Bonchev–Trinajstić information content (AvgIpc) is 2.12. The standard InChI is InChI=1S/C8H8BrNO5S/c9-6-3-5(15-4-8(11)12)1-2-7(6)16(10,13)14/h1-3H,4H2,(H,11,12)(H2,10,13,14). The normalized spacial score (nSPS) is 11.1. The van der Waals surface area contributed by atoms with E-state index in [4.69, 9.17) is 15.0 Å². The van der Waals surface area contributed by atoms with Gasteiger partial charge >= 0.3 is 5.97 Å². The Balaban J connectivity index is 2.96. The SMILES string of the molecule is NS(=O)(=O)c1ccc(OCC(=O)O)cc1Br. The maximum absolute atomic E-state index is 11.0. The summed E-state index contributed by atoms with van der Waals surface area (Å²) in [6.45, 7) is -0.499. The quantitative estimate of drug-likeness (QED) is 0.845. The summed E-state index contributed by atoms with van der Waals surface area (Å²) >= 11 is 3.00. The van der Waals surface area contributed by atoms with Crippen LogP contribution in [0.25, 0.3) is 0 Å². The van der Waals surface area contributed by atoms with Gasteiger partial charge in [-0.05, 0) is 34.1 Å². The summed E-state index contributed by atoms with van der Waals surface area (Å²) in [6.07, 6.45) is 0. The van der Waals surface area contributed by atoms with Crippen molar-refractivity contribution in [1.82, 2.24) is 0 Å². The summed E-state index contributed by atoms with van der Waals surface area (Å²) in [5.74, 6) is -0.881. The zero-order valence-corrected chi connectivity index (χ0v) is 10.3. The number of halogens is 1. The Morgan fingerprint density at radius 1 is 1.50 bits per heavy atom. The number of ether oxygens (including phenoxy) is 1. The van der Waals surface area contributed by atoms with E-state index in [0.717, 1.165) is 0 Å². The number of carbonyl (C=O) groups is 1. The molecular formula is C8H8BrNO5S. The van der Waals surface area contributed by atoms with Crippen molar-refractivity contribution in [2.45, 2.75) is 4.90 Å². The molecule has 8 heteroatoms. The van der Waals surface area contributed by atoms with Crippen molar-refractivity contribution < 1.29 is 23.1 Å². The Morgan fingerprint density at radius 2 is 2.12 bits per heavy atom. The van der Waals surface area contributed by atoms with E-state index in [9.17, 15) is 13.2 Å². The molecular weight excluding hydrogens is 302 g/mol. The highest BCUT2D eigenvalue weighted by molar-refractivity contribution is 9.10. The lowest BCUT2D eigenvalue weighted by atomic mass is 10.3. The molecule has 1 aromatic carbocycles. The molecule has 0 saturated heterocycles. The first-order chi connectivity index (χ1) is 7.30. The molecule has 0 fully saturated rings. The fourth-order valence-corrected chi connectivity index (χ4v) is 2.57. The highest BCUT2D eigenvalue weighted by Gasteiger charge is 2.13. The first-order valence-corrected chi connectivity index (χ1v) is 6.31. The topological polar surface area (TPSA) is 107 Å². The van der Waals surface area contributed by atoms with Gasteiger partial charge in [0.05, 0.1) is 4.90 Å². The molecule has 16 heavy (non-hydrogen) atoms. The molecule has 0 aliphatic heterocycles. The van der Waals surface area contributed by atoms with Crippen LogP contribution in [0, 0.1) is 0 Å². The maximum Gasteiger partial charge on any atom is 0.341 e. The summed E-state index contributed by atoms with van der Waals surface area (Å²) in [5, 5.41) is 13.3. The van der Waals surface area contributed by atoms with Crippen LogP contribution in [0.15, 0.2) is 27.6 Å². The first-order valence-electron chi connectivity index (χ1n) is 3.97. The second-order valence-electron chi connectivity index (χ2n) is 2.82. The van der Waals surface area contributed by atoms with Crippen molar-refractivity contribution in [3.8, 4) is 5.75 Å². The molecule has 0 atom stereocenters. The molecule has 6 nitrogen and oxygen atoms in total. The van der Waals surface area contributed by atoms with Gasteiger partial charge in [-0.1, -0.05) is 0 Å². The highest BCUT2D eigenvalue weighted by Crippen LogP contribution is 2.25. The van der Waals surface area contributed by atoms with E-state index in [2.05, 4.69) is 15.9 Å².